The fourth-order valence-electron chi connectivity index (χ4n) is 1.66. The van der Waals surface area contributed by atoms with Crippen molar-refractivity contribution in [2.24, 2.45) is 0 Å². The molecule has 0 spiro atoms. The average Bonchev–Trinajstić information content (AvgIpc) is 2.52. The Balaban J connectivity index is 2.49. The van der Waals surface area contributed by atoms with Crippen molar-refractivity contribution in [2.75, 3.05) is 39.1 Å². The summed E-state index contributed by atoms with van der Waals surface area (Å²) in [7, 11) is 3.92. The number of quaternary nitrogens is 1. The number of benzene rings is 1. The Morgan fingerprint density at radius 3 is 2.30 bits per heavy atom. The van der Waals surface area contributed by atoms with E-state index < -0.39 is 17.8 Å². The number of hydrogen-bond donors (Lipinski definition) is 3. The molecule has 1 aromatic rings. The topological polar surface area (TPSA) is 88.9 Å². The van der Waals surface area contributed by atoms with E-state index in [4.69, 9.17) is 4.74 Å². The first-order valence-electron chi connectivity index (χ1n) is 7.59. The van der Waals surface area contributed by atoms with Gasteiger partial charge in [0.1, 0.15) is 0 Å². The monoisotopic (exact) mass is 322 g/mol. The standard InChI is InChI=1S/C16H23N3O4/c1-4-11-23-16(22)12-5-7-13(8-6-12)18-15(21)14(20)17-9-10-19(2)3/h5-8H,4,9-11H2,1-3H3,(H,17,20)(H,18,21)/p+1. The highest BCUT2D eigenvalue weighted by Crippen LogP contribution is 2.10. The zero-order valence-corrected chi connectivity index (χ0v) is 13.8. The van der Waals surface area contributed by atoms with Crippen LogP contribution in [0.25, 0.3) is 0 Å². The van der Waals surface area contributed by atoms with Gasteiger partial charge >= 0.3 is 17.8 Å². The van der Waals surface area contributed by atoms with Crippen LogP contribution in [-0.4, -0.2) is 51.6 Å². The summed E-state index contributed by atoms with van der Waals surface area (Å²) in [5.74, 6) is -1.83. The highest BCUT2D eigenvalue weighted by Gasteiger charge is 2.14. The number of nitrogens with one attached hydrogen (secondary N) is 3. The summed E-state index contributed by atoms with van der Waals surface area (Å²) in [5, 5.41) is 5.02. The lowest BCUT2D eigenvalue weighted by Gasteiger charge is -2.09. The van der Waals surface area contributed by atoms with E-state index >= 15 is 0 Å². The van der Waals surface area contributed by atoms with Crippen molar-refractivity contribution in [3.05, 3.63) is 29.8 Å². The first-order valence-corrected chi connectivity index (χ1v) is 7.59. The number of likely N-dealkylation sites (N-methyl/N-ethyl adjacent to an activating group) is 1. The van der Waals surface area contributed by atoms with Crippen LogP contribution >= 0.6 is 0 Å². The number of anilines is 1. The zero-order chi connectivity index (χ0) is 17.2. The summed E-state index contributed by atoms with van der Waals surface area (Å²) in [6.45, 7) is 3.44. The van der Waals surface area contributed by atoms with Gasteiger partial charge in [-0.1, -0.05) is 6.92 Å². The zero-order valence-electron chi connectivity index (χ0n) is 13.8. The molecule has 1 aromatic carbocycles. The molecule has 0 unspecified atom stereocenters. The molecule has 0 radical (unpaired) electrons. The van der Waals surface area contributed by atoms with E-state index in [-0.39, 0.29) is 0 Å². The Kier molecular flexibility index (Phi) is 7.76. The minimum Gasteiger partial charge on any atom is -0.462 e. The summed E-state index contributed by atoms with van der Waals surface area (Å²) >= 11 is 0. The Bertz CT molecular complexity index is 541. The lowest BCUT2D eigenvalue weighted by Crippen LogP contribution is -3.06. The molecular formula is C16H24N3O4+. The third-order valence-corrected chi connectivity index (χ3v) is 2.93. The van der Waals surface area contributed by atoms with Gasteiger partial charge in [-0.15, -0.1) is 0 Å². The normalized spacial score (nSPS) is 10.3. The van der Waals surface area contributed by atoms with Gasteiger partial charge in [0.2, 0.25) is 0 Å². The predicted octanol–water partition coefficient (Wildman–Crippen LogP) is -0.547. The quantitative estimate of drug-likeness (QED) is 0.464. The number of rotatable bonds is 7. The molecule has 0 heterocycles. The highest BCUT2D eigenvalue weighted by atomic mass is 16.5. The molecule has 0 atom stereocenters. The predicted molar refractivity (Wildman–Crippen MR) is 86.3 cm³/mol. The molecule has 0 fully saturated rings. The van der Waals surface area contributed by atoms with Crippen LogP contribution in [0.3, 0.4) is 0 Å². The maximum Gasteiger partial charge on any atom is 0.338 e. The highest BCUT2D eigenvalue weighted by molar-refractivity contribution is 6.39. The minimum absolute atomic E-state index is 0.367. The van der Waals surface area contributed by atoms with E-state index in [1.807, 2.05) is 21.0 Å². The molecule has 3 N–H and O–H groups in total. The molecule has 0 aromatic heterocycles. The Hall–Kier alpha value is -2.41. The van der Waals surface area contributed by atoms with Gasteiger partial charge in [0.25, 0.3) is 0 Å². The fourth-order valence-corrected chi connectivity index (χ4v) is 1.66. The second-order valence-corrected chi connectivity index (χ2v) is 5.38. The minimum atomic E-state index is -0.736. The summed E-state index contributed by atoms with van der Waals surface area (Å²) < 4.78 is 5.01. The number of carbonyl (C=O) groups excluding carboxylic acids is 3. The molecule has 7 heteroatoms. The number of hydrogen-bond acceptors (Lipinski definition) is 4. The maximum absolute atomic E-state index is 11.7. The third-order valence-electron chi connectivity index (χ3n) is 2.93. The van der Waals surface area contributed by atoms with Gasteiger partial charge in [0.15, 0.2) is 0 Å². The van der Waals surface area contributed by atoms with Crippen LogP contribution in [0.5, 0.6) is 0 Å². The number of carbonyl (C=O) groups is 3. The van der Waals surface area contributed by atoms with Gasteiger partial charge in [-0.2, -0.15) is 0 Å². The first kappa shape index (κ1) is 18.6. The molecule has 0 bridgehead atoms. The average molecular weight is 322 g/mol. The number of esters is 1. The first-order chi connectivity index (χ1) is 10.9. The maximum atomic E-state index is 11.7. The summed E-state index contributed by atoms with van der Waals surface area (Å²) in [6.07, 6.45) is 0.754. The second kappa shape index (κ2) is 9.58. The lowest BCUT2D eigenvalue weighted by atomic mass is 10.2. The van der Waals surface area contributed by atoms with Crippen molar-refractivity contribution in [3.63, 3.8) is 0 Å². The van der Waals surface area contributed by atoms with Crippen molar-refractivity contribution >= 4 is 23.5 Å². The molecule has 23 heavy (non-hydrogen) atoms. The Morgan fingerprint density at radius 1 is 1.09 bits per heavy atom. The van der Waals surface area contributed by atoms with Crippen molar-refractivity contribution in [3.8, 4) is 0 Å². The van der Waals surface area contributed by atoms with Crippen LogP contribution in [0.15, 0.2) is 24.3 Å². The number of amides is 2. The molecule has 0 aliphatic rings. The summed E-state index contributed by atoms with van der Waals surface area (Å²) in [4.78, 5) is 36.2. The Morgan fingerprint density at radius 2 is 1.74 bits per heavy atom. The molecule has 1 rings (SSSR count). The van der Waals surface area contributed by atoms with Crippen LogP contribution in [0.2, 0.25) is 0 Å². The van der Waals surface area contributed by atoms with Crippen LogP contribution in [0, 0.1) is 0 Å². The van der Waals surface area contributed by atoms with Crippen LogP contribution < -0.4 is 15.5 Å². The van der Waals surface area contributed by atoms with Gasteiger partial charge in [-0.3, -0.25) is 9.59 Å². The Labute approximate surface area is 136 Å². The van der Waals surface area contributed by atoms with Crippen LogP contribution in [0.4, 0.5) is 5.69 Å². The van der Waals surface area contributed by atoms with E-state index in [9.17, 15) is 14.4 Å². The molecule has 2 amide bonds. The largest absolute Gasteiger partial charge is 0.462 e. The van der Waals surface area contributed by atoms with E-state index in [2.05, 4.69) is 10.6 Å². The fraction of sp³-hybridized carbons (Fsp3) is 0.438. The van der Waals surface area contributed by atoms with E-state index in [0.29, 0.717) is 24.4 Å². The van der Waals surface area contributed by atoms with Crippen molar-refractivity contribution in [2.45, 2.75) is 13.3 Å². The van der Waals surface area contributed by atoms with E-state index in [0.717, 1.165) is 13.0 Å². The molecule has 7 nitrogen and oxygen atoms in total. The van der Waals surface area contributed by atoms with Crippen LogP contribution in [0.1, 0.15) is 23.7 Å². The molecular weight excluding hydrogens is 298 g/mol. The van der Waals surface area contributed by atoms with Gasteiger partial charge < -0.3 is 20.3 Å². The third kappa shape index (κ3) is 6.92. The van der Waals surface area contributed by atoms with Gasteiger partial charge in [0, 0.05) is 5.69 Å². The summed E-state index contributed by atoms with van der Waals surface area (Å²) in [5.41, 5.74) is 0.838. The van der Waals surface area contributed by atoms with E-state index in [1.165, 1.54) is 4.90 Å². The molecule has 126 valence electrons. The van der Waals surface area contributed by atoms with Gasteiger partial charge in [-0.25, -0.2) is 4.79 Å². The lowest BCUT2D eigenvalue weighted by molar-refractivity contribution is -0.856. The molecule has 0 aliphatic heterocycles. The molecule has 0 saturated carbocycles. The SMILES string of the molecule is CCCOC(=O)c1ccc(NC(=O)C(=O)NCC[NH+](C)C)cc1. The van der Waals surface area contributed by atoms with Gasteiger partial charge in [0.05, 0.1) is 39.4 Å². The van der Waals surface area contributed by atoms with Crippen molar-refractivity contribution < 1.29 is 24.0 Å². The van der Waals surface area contributed by atoms with E-state index in [1.54, 1.807) is 24.3 Å². The summed E-state index contributed by atoms with van der Waals surface area (Å²) in [6, 6.07) is 6.19. The second-order valence-electron chi connectivity index (χ2n) is 5.38. The van der Waals surface area contributed by atoms with Crippen molar-refractivity contribution in [1.82, 2.24) is 5.32 Å². The van der Waals surface area contributed by atoms with Crippen molar-refractivity contribution in [1.29, 1.82) is 0 Å². The van der Waals surface area contributed by atoms with Crippen LogP contribution in [-0.2, 0) is 14.3 Å². The number of ether oxygens (including phenoxy) is 1. The smallest absolute Gasteiger partial charge is 0.338 e. The molecule has 0 saturated heterocycles. The van der Waals surface area contributed by atoms with Gasteiger partial charge in [-0.05, 0) is 30.7 Å². The molecule has 0 aliphatic carbocycles.